The number of hydrogen-bond acceptors (Lipinski definition) is 3. The van der Waals surface area contributed by atoms with E-state index < -0.39 is 0 Å². The maximum Gasteiger partial charge on any atom is 0.0552 e. The maximum absolute atomic E-state index is 9.91. The van der Waals surface area contributed by atoms with Crippen molar-refractivity contribution in [2.75, 3.05) is 19.6 Å². The molecular formula is C16H34N2O. The number of hydrogen-bond donors (Lipinski definition) is 2. The molecule has 0 bridgehead atoms. The minimum absolute atomic E-state index is 0.106. The normalized spacial score (nSPS) is 18.0. The highest BCUT2D eigenvalue weighted by molar-refractivity contribution is 4.63. The predicted octanol–water partition coefficient (Wildman–Crippen LogP) is 3.48. The average Bonchev–Trinajstić information content (AvgIpc) is 2.91. The summed E-state index contributed by atoms with van der Waals surface area (Å²) in [6.07, 6.45) is 13.7. The van der Waals surface area contributed by atoms with Crippen molar-refractivity contribution < 1.29 is 5.11 Å². The number of aliphatic hydroxyl groups excluding tert-OH is 1. The van der Waals surface area contributed by atoms with E-state index in [1.54, 1.807) is 0 Å². The van der Waals surface area contributed by atoms with Crippen molar-refractivity contribution in [1.82, 2.24) is 10.4 Å². The van der Waals surface area contributed by atoms with Gasteiger partial charge in [-0.05, 0) is 25.7 Å². The highest BCUT2D eigenvalue weighted by Gasteiger charge is 2.11. The molecular weight excluding hydrogens is 236 g/mol. The fourth-order valence-electron chi connectivity index (χ4n) is 2.75. The second-order valence-electron chi connectivity index (χ2n) is 5.95. The van der Waals surface area contributed by atoms with Crippen molar-refractivity contribution in [3.05, 3.63) is 0 Å². The van der Waals surface area contributed by atoms with Crippen LogP contribution in [0.15, 0.2) is 0 Å². The lowest BCUT2D eigenvalue weighted by Crippen LogP contribution is -2.37. The summed E-state index contributed by atoms with van der Waals surface area (Å²) in [5.74, 6) is 0. The first kappa shape index (κ1) is 16.9. The Bertz CT molecular complexity index is 193. The van der Waals surface area contributed by atoms with Crippen LogP contribution in [0.2, 0.25) is 0 Å². The summed E-state index contributed by atoms with van der Waals surface area (Å²) in [7, 11) is 0. The lowest BCUT2D eigenvalue weighted by Gasteiger charge is -2.18. The molecule has 0 radical (unpaired) electrons. The van der Waals surface area contributed by atoms with E-state index in [2.05, 4.69) is 17.4 Å². The molecule has 1 aliphatic heterocycles. The second kappa shape index (κ2) is 11.7. The Balaban J connectivity index is 1.80. The minimum atomic E-state index is -0.106. The molecule has 1 rings (SSSR count). The van der Waals surface area contributed by atoms with Gasteiger partial charge in [-0.25, -0.2) is 5.01 Å². The van der Waals surface area contributed by atoms with Gasteiger partial charge in [-0.2, -0.15) is 0 Å². The van der Waals surface area contributed by atoms with Crippen LogP contribution in [0, 0.1) is 0 Å². The zero-order valence-electron chi connectivity index (χ0n) is 12.9. The molecule has 0 amide bonds. The van der Waals surface area contributed by atoms with Crippen LogP contribution in [0.3, 0.4) is 0 Å². The van der Waals surface area contributed by atoms with Crippen molar-refractivity contribution in [3.63, 3.8) is 0 Å². The first-order valence-electron chi connectivity index (χ1n) is 8.49. The van der Waals surface area contributed by atoms with Crippen LogP contribution in [-0.2, 0) is 0 Å². The SMILES string of the molecule is CCCCCCCCCC(O)CCNN1CCCC1. The van der Waals surface area contributed by atoms with Crippen molar-refractivity contribution in [3.8, 4) is 0 Å². The molecule has 0 aliphatic carbocycles. The van der Waals surface area contributed by atoms with Gasteiger partial charge >= 0.3 is 0 Å². The van der Waals surface area contributed by atoms with E-state index in [1.165, 1.54) is 70.9 Å². The highest BCUT2D eigenvalue weighted by atomic mass is 16.3. The molecule has 0 aromatic heterocycles. The quantitative estimate of drug-likeness (QED) is 0.533. The molecule has 1 fully saturated rings. The van der Waals surface area contributed by atoms with Crippen molar-refractivity contribution >= 4 is 0 Å². The monoisotopic (exact) mass is 270 g/mol. The molecule has 2 N–H and O–H groups in total. The standard InChI is InChI=1S/C16H34N2O/c1-2-3-4-5-6-7-8-11-16(19)12-13-17-18-14-9-10-15-18/h16-17,19H,2-15H2,1H3. The summed E-state index contributed by atoms with van der Waals surface area (Å²) in [5.41, 5.74) is 3.41. The van der Waals surface area contributed by atoms with E-state index in [0.29, 0.717) is 0 Å². The summed E-state index contributed by atoms with van der Waals surface area (Å²) in [4.78, 5) is 0. The lowest BCUT2D eigenvalue weighted by atomic mass is 10.1. The molecule has 1 heterocycles. The summed E-state index contributed by atoms with van der Waals surface area (Å²) in [6.45, 7) is 5.53. The molecule has 1 saturated heterocycles. The Hall–Kier alpha value is -0.120. The van der Waals surface area contributed by atoms with Gasteiger partial charge in [0.15, 0.2) is 0 Å². The Morgan fingerprint density at radius 2 is 1.58 bits per heavy atom. The lowest BCUT2D eigenvalue weighted by molar-refractivity contribution is 0.135. The molecule has 19 heavy (non-hydrogen) atoms. The number of nitrogens with zero attached hydrogens (tertiary/aromatic N) is 1. The molecule has 114 valence electrons. The van der Waals surface area contributed by atoms with Crippen LogP contribution in [0.1, 0.15) is 77.6 Å². The topological polar surface area (TPSA) is 35.5 Å². The van der Waals surface area contributed by atoms with Crippen LogP contribution < -0.4 is 5.43 Å². The van der Waals surface area contributed by atoms with Gasteiger partial charge in [0.2, 0.25) is 0 Å². The van der Waals surface area contributed by atoms with Crippen LogP contribution in [-0.4, -0.2) is 35.9 Å². The summed E-state index contributed by atoms with van der Waals surface area (Å²) >= 11 is 0. The maximum atomic E-state index is 9.91. The van der Waals surface area contributed by atoms with Crippen LogP contribution in [0.25, 0.3) is 0 Å². The smallest absolute Gasteiger partial charge is 0.0552 e. The molecule has 0 aromatic carbocycles. The summed E-state index contributed by atoms with van der Waals surface area (Å²) < 4.78 is 0. The number of unbranched alkanes of at least 4 members (excludes halogenated alkanes) is 6. The van der Waals surface area contributed by atoms with Crippen LogP contribution in [0.5, 0.6) is 0 Å². The molecule has 3 nitrogen and oxygen atoms in total. The number of hydrazine groups is 1. The van der Waals surface area contributed by atoms with Gasteiger partial charge < -0.3 is 5.11 Å². The van der Waals surface area contributed by atoms with Crippen molar-refractivity contribution in [1.29, 1.82) is 0 Å². The number of rotatable bonds is 12. The summed E-state index contributed by atoms with van der Waals surface area (Å²) in [5, 5.41) is 12.2. The Kier molecular flexibility index (Phi) is 10.4. The average molecular weight is 270 g/mol. The Morgan fingerprint density at radius 3 is 2.26 bits per heavy atom. The van der Waals surface area contributed by atoms with E-state index in [1.807, 2.05) is 0 Å². The summed E-state index contributed by atoms with van der Waals surface area (Å²) in [6, 6.07) is 0. The molecule has 1 unspecified atom stereocenters. The third-order valence-corrected chi connectivity index (χ3v) is 4.06. The first-order valence-corrected chi connectivity index (χ1v) is 8.49. The van der Waals surface area contributed by atoms with Crippen molar-refractivity contribution in [2.45, 2.75) is 83.7 Å². The van der Waals surface area contributed by atoms with Gasteiger partial charge in [-0.15, -0.1) is 0 Å². The van der Waals surface area contributed by atoms with Gasteiger partial charge in [0.05, 0.1) is 6.10 Å². The van der Waals surface area contributed by atoms with E-state index >= 15 is 0 Å². The van der Waals surface area contributed by atoms with Crippen molar-refractivity contribution in [2.24, 2.45) is 0 Å². The van der Waals surface area contributed by atoms with E-state index in [4.69, 9.17) is 0 Å². The largest absolute Gasteiger partial charge is 0.393 e. The minimum Gasteiger partial charge on any atom is -0.393 e. The van der Waals surface area contributed by atoms with Gasteiger partial charge in [0, 0.05) is 19.6 Å². The van der Waals surface area contributed by atoms with Gasteiger partial charge in [-0.1, -0.05) is 51.9 Å². The van der Waals surface area contributed by atoms with E-state index in [9.17, 15) is 5.11 Å². The van der Waals surface area contributed by atoms with E-state index in [-0.39, 0.29) is 6.10 Å². The molecule has 0 aromatic rings. The van der Waals surface area contributed by atoms with Gasteiger partial charge in [0.25, 0.3) is 0 Å². The van der Waals surface area contributed by atoms with Gasteiger partial charge in [-0.3, -0.25) is 5.43 Å². The third kappa shape index (κ3) is 9.42. The second-order valence-corrected chi connectivity index (χ2v) is 5.95. The molecule has 0 saturated carbocycles. The first-order chi connectivity index (χ1) is 9.33. The van der Waals surface area contributed by atoms with Crippen LogP contribution >= 0.6 is 0 Å². The zero-order valence-corrected chi connectivity index (χ0v) is 12.9. The predicted molar refractivity (Wildman–Crippen MR) is 82.0 cm³/mol. The fraction of sp³-hybridized carbons (Fsp3) is 1.00. The molecule has 1 atom stereocenters. The van der Waals surface area contributed by atoms with E-state index in [0.717, 1.165) is 19.4 Å². The Morgan fingerprint density at radius 1 is 0.947 bits per heavy atom. The van der Waals surface area contributed by atoms with Crippen LogP contribution in [0.4, 0.5) is 0 Å². The fourth-order valence-corrected chi connectivity index (χ4v) is 2.75. The third-order valence-electron chi connectivity index (χ3n) is 4.06. The molecule has 1 aliphatic rings. The Labute approximate surface area is 119 Å². The molecule has 0 spiro atoms. The zero-order chi connectivity index (χ0) is 13.8. The number of aliphatic hydroxyl groups is 1. The highest BCUT2D eigenvalue weighted by Crippen LogP contribution is 2.11. The van der Waals surface area contributed by atoms with Gasteiger partial charge in [0.1, 0.15) is 0 Å². The molecule has 3 heteroatoms. The number of nitrogens with one attached hydrogen (secondary N) is 1.